The van der Waals surface area contributed by atoms with Gasteiger partial charge in [0.2, 0.25) is 0 Å². The van der Waals surface area contributed by atoms with Gasteiger partial charge in [0, 0.05) is 7.77 Å². The summed E-state index contributed by atoms with van der Waals surface area (Å²) in [5.41, 5.74) is 1.49. The third-order valence-electron chi connectivity index (χ3n) is 7.73. The molecule has 0 bridgehead atoms. The Kier molecular flexibility index (Phi) is 2.72. The molecule has 2 heteroatoms. The molecule has 1 N–H and O–H groups in total. The van der Waals surface area contributed by atoms with Gasteiger partial charge in [-0.25, -0.2) is 0 Å². The van der Waals surface area contributed by atoms with E-state index in [0.29, 0.717) is 24.2 Å². The van der Waals surface area contributed by atoms with Crippen molar-refractivity contribution in [1.82, 2.24) is 0 Å². The molecule has 4 aliphatic rings. The largest absolute Gasteiger partial charge is 0.393 e. The minimum Gasteiger partial charge on any atom is -0.393 e. The van der Waals surface area contributed by atoms with Crippen LogP contribution in [0.5, 0.6) is 0 Å². The van der Waals surface area contributed by atoms with Crippen molar-refractivity contribution < 1.29 is 11.3 Å². The predicted octanol–water partition coefficient (Wildman–Crippen LogP) is 3.88. The maximum atomic E-state index is 11.9. The van der Waals surface area contributed by atoms with Gasteiger partial charge in [-0.3, -0.25) is 4.79 Å². The standard InChI is InChI=1S/C19H28O2/c1-18-9-7-13(20)11-12(18)3-4-14-15-5-6-17(21)19(15,2)10-8-16(14)18/h11,14-17,21H,3-10H2,1-2H3/t14?,15?,16?,17?,18-,19-/m0/s1/i7D/t7-,14?,15?,16?,17?,18-,19-. The summed E-state index contributed by atoms with van der Waals surface area (Å²) in [6, 6.07) is 0. The topological polar surface area (TPSA) is 37.3 Å². The van der Waals surface area contributed by atoms with Crippen molar-refractivity contribution in [2.75, 3.05) is 0 Å². The number of carbonyl (C=O) groups is 1. The minimum atomic E-state index is -0.560. The molecule has 7 atom stereocenters. The summed E-state index contributed by atoms with van der Waals surface area (Å²) in [7, 11) is 0. The third kappa shape index (κ3) is 1.78. The molecule has 116 valence electrons. The van der Waals surface area contributed by atoms with Crippen LogP contribution >= 0.6 is 0 Å². The normalized spacial score (nSPS) is 56.9. The molecule has 4 aliphatic carbocycles. The molecule has 0 amide bonds. The van der Waals surface area contributed by atoms with E-state index in [1.54, 1.807) is 0 Å². The van der Waals surface area contributed by atoms with Gasteiger partial charge in [0.05, 0.1) is 6.10 Å². The van der Waals surface area contributed by atoms with Gasteiger partial charge in [0.25, 0.3) is 0 Å². The van der Waals surface area contributed by atoms with Gasteiger partial charge in [-0.2, -0.15) is 0 Å². The van der Waals surface area contributed by atoms with E-state index in [1.807, 2.05) is 6.08 Å². The number of allylic oxidation sites excluding steroid dienone is 1. The van der Waals surface area contributed by atoms with Crippen LogP contribution in [0.4, 0.5) is 0 Å². The monoisotopic (exact) mass is 289 g/mol. The fourth-order valence-corrected chi connectivity index (χ4v) is 6.36. The van der Waals surface area contributed by atoms with Gasteiger partial charge >= 0.3 is 0 Å². The molecule has 0 radical (unpaired) electrons. The number of hydrogen-bond acceptors (Lipinski definition) is 2. The van der Waals surface area contributed by atoms with Gasteiger partial charge in [0.1, 0.15) is 0 Å². The van der Waals surface area contributed by atoms with Crippen molar-refractivity contribution in [3.8, 4) is 0 Å². The molecule has 4 unspecified atom stereocenters. The van der Waals surface area contributed by atoms with Crippen molar-refractivity contribution >= 4 is 5.78 Å². The Bertz CT molecular complexity index is 542. The maximum absolute atomic E-state index is 11.9. The van der Waals surface area contributed by atoms with Crippen molar-refractivity contribution in [1.29, 1.82) is 0 Å². The van der Waals surface area contributed by atoms with Gasteiger partial charge in [-0.15, -0.1) is 0 Å². The quantitative estimate of drug-likeness (QED) is 0.735. The summed E-state index contributed by atoms with van der Waals surface area (Å²) in [4.78, 5) is 11.9. The minimum absolute atomic E-state index is 0.0165. The molecule has 0 heterocycles. The Morgan fingerprint density at radius 1 is 1.19 bits per heavy atom. The first kappa shape index (κ1) is 12.9. The zero-order valence-electron chi connectivity index (χ0n) is 14.3. The molecule has 0 spiro atoms. The Morgan fingerprint density at radius 3 is 2.81 bits per heavy atom. The molecule has 0 aromatic rings. The van der Waals surface area contributed by atoms with E-state index in [2.05, 4.69) is 13.8 Å². The summed E-state index contributed by atoms with van der Waals surface area (Å²) in [6.07, 6.45) is 8.44. The Morgan fingerprint density at radius 2 is 2.00 bits per heavy atom. The van der Waals surface area contributed by atoms with Gasteiger partial charge in [0.15, 0.2) is 5.78 Å². The van der Waals surface area contributed by atoms with Crippen molar-refractivity contribution in [3.05, 3.63) is 11.6 Å². The SMILES string of the molecule is [2H][C@H]1C[C@@]2(C)C(=CC1=O)CCC1C3CCC(O)[C@@]3(C)CCC12. The van der Waals surface area contributed by atoms with Crippen LogP contribution in [0.25, 0.3) is 0 Å². The van der Waals surface area contributed by atoms with E-state index in [1.165, 1.54) is 12.0 Å². The molecule has 3 fully saturated rings. The first-order valence-electron chi connectivity index (χ1n) is 9.29. The van der Waals surface area contributed by atoms with E-state index >= 15 is 0 Å². The maximum Gasteiger partial charge on any atom is 0.155 e. The predicted molar refractivity (Wildman–Crippen MR) is 82.7 cm³/mol. The lowest BCUT2D eigenvalue weighted by atomic mass is 9.47. The van der Waals surface area contributed by atoms with Crippen LogP contribution in [-0.4, -0.2) is 17.0 Å². The van der Waals surface area contributed by atoms with Crippen LogP contribution in [0, 0.1) is 28.6 Å². The second-order valence-corrected chi connectivity index (χ2v) is 8.45. The number of fused-ring (bicyclic) bond motifs is 5. The third-order valence-corrected chi connectivity index (χ3v) is 7.73. The first-order valence-corrected chi connectivity index (χ1v) is 8.71. The summed E-state index contributed by atoms with van der Waals surface area (Å²) >= 11 is 0. The van der Waals surface area contributed by atoms with Gasteiger partial charge in [-0.1, -0.05) is 19.4 Å². The molecule has 4 rings (SSSR count). The molecule has 0 aromatic carbocycles. The number of aliphatic hydroxyl groups excluding tert-OH is 1. The van der Waals surface area contributed by atoms with Crippen LogP contribution in [0.1, 0.15) is 66.6 Å². The Labute approximate surface area is 129 Å². The summed E-state index contributed by atoms with van der Waals surface area (Å²) in [5.74, 6) is 1.94. The lowest BCUT2D eigenvalue weighted by molar-refractivity contribution is -0.118. The van der Waals surface area contributed by atoms with Crippen LogP contribution in [0.2, 0.25) is 0 Å². The highest BCUT2D eigenvalue weighted by Crippen LogP contribution is 2.65. The molecule has 0 saturated heterocycles. The summed E-state index contributed by atoms with van der Waals surface area (Å²) in [5, 5.41) is 10.5. The highest BCUT2D eigenvalue weighted by molar-refractivity contribution is 5.91. The highest BCUT2D eigenvalue weighted by Gasteiger charge is 2.58. The first-order chi connectivity index (χ1) is 10.4. The fraction of sp³-hybridized carbons (Fsp3) is 0.842. The molecule has 0 aliphatic heterocycles. The summed E-state index contributed by atoms with van der Waals surface area (Å²) in [6.45, 7) is 4.62. The zero-order chi connectivity index (χ0) is 15.7. The molecular weight excluding hydrogens is 260 g/mol. The van der Waals surface area contributed by atoms with Crippen molar-refractivity contribution in [2.45, 2.75) is 71.3 Å². The number of aliphatic hydroxyl groups is 1. The molecule has 3 saturated carbocycles. The van der Waals surface area contributed by atoms with Crippen molar-refractivity contribution in [2.24, 2.45) is 28.6 Å². The smallest absolute Gasteiger partial charge is 0.155 e. The van der Waals surface area contributed by atoms with Crippen LogP contribution in [0.15, 0.2) is 11.6 Å². The molecular formula is C19H28O2. The average Bonchev–Trinajstić information content (AvgIpc) is 2.77. The summed E-state index contributed by atoms with van der Waals surface area (Å²) < 4.78 is 8.12. The van der Waals surface area contributed by atoms with Crippen molar-refractivity contribution in [3.63, 3.8) is 0 Å². The number of hydrogen-bond donors (Lipinski definition) is 1. The fourth-order valence-electron chi connectivity index (χ4n) is 6.36. The lowest BCUT2D eigenvalue weighted by Crippen LogP contribution is -2.51. The number of ketones is 1. The second-order valence-electron chi connectivity index (χ2n) is 8.45. The zero-order valence-corrected chi connectivity index (χ0v) is 13.3. The van der Waals surface area contributed by atoms with E-state index in [0.717, 1.165) is 32.1 Å². The van der Waals surface area contributed by atoms with Crippen LogP contribution in [-0.2, 0) is 4.79 Å². The lowest BCUT2D eigenvalue weighted by Gasteiger charge is -2.57. The van der Waals surface area contributed by atoms with E-state index in [-0.39, 0.29) is 22.7 Å². The number of rotatable bonds is 0. The van der Waals surface area contributed by atoms with Gasteiger partial charge in [-0.05, 0) is 79.6 Å². The molecule has 21 heavy (non-hydrogen) atoms. The molecule has 0 aromatic heterocycles. The van der Waals surface area contributed by atoms with E-state index < -0.39 is 6.40 Å². The highest BCUT2D eigenvalue weighted by atomic mass is 16.3. The number of carbonyl (C=O) groups excluding carboxylic acids is 1. The van der Waals surface area contributed by atoms with E-state index in [9.17, 15) is 9.90 Å². The van der Waals surface area contributed by atoms with Gasteiger partial charge < -0.3 is 5.11 Å². The van der Waals surface area contributed by atoms with Crippen LogP contribution in [0.3, 0.4) is 0 Å². The van der Waals surface area contributed by atoms with Crippen LogP contribution < -0.4 is 0 Å². The second kappa shape index (κ2) is 4.44. The average molecular weight is 289 g/mol. The van der Waals surface area contributed by atoms with E-state index in [4.69, 9.17) is 1.37 Å². The Hall–Kier alpha value is -0.630. The Balaban J connectivity index is 1.70. The molecule has 2 nitrogen and oxygen atoms in total.